The van der Waals surface area contributed by atoms with Gasteiger partial charge >= 0.3 is 0 Å². The fraction of sp³-hybridized carbons (Fsp3) is 0.333. The van der Waals surface area contributed by atoms with Crippen LogP contribution in [0.2, 0.25) is 0 Å². The van der Waals surface area contributed by atoms with Crippen molar-refractivity contribution >= 4 is 0 Å². The first-order chi connectivity index (χ1) is 9.70. The van der Waals surface area contributed by atoms with Crippen LogP contribution in [0.25, 0.3) is 0 Å². The van der Waals surface area contributed by atoms with Crippen LogP contribution in [0.1, 0.15) is 42.2 Å². The Balaban J connectivity index is 1.95. The zero-order chi connectivity index (χ0) is 14.4. The third-order valence-corrected chi connectivity index (χ3v) is 3.63. The third kappa shape index (κ3) is 3.92. The molecule has 106 valence electrons. The van der Waals surface area contributed by atoms with Gasteiger partial charge in [-0.15, -0.1) is 0 Å². The van der Waals surface area contributed by atoms with E-state index >= 15 is 0 Å². The van der Waals surface area contributed by atoms with Gasteiger partial charge in [-0.2, -0.15) is 0 Å². The Kier molecular flexibility index (Phi) is 5.33. The molecule has 2 unspecified atom stereocenters. The fourth-order valence-electron chi connectivity index (χ4n) is 2.34. The highest BCUT2D eigenvalue weighted by atomic mass is 16.3. The first-order valence-electron chi connectivity index (χ1n) is 7.23. The number of benzene rings is 2. The van der Waals surface area contributed by atoms with E-state index in [4.69, 9.17) is 0 Å². The second kappa shape index (κ2) is 7.22. The monoisotopic (exact) mass is 269 g/mol. The molecule has 0 amide bonds. The molecular weight excluding hydrogens is 246 g/mol. The lowest BCUT2D eigenvalue weighted by Crippen LogP contribution is -2.26. The molecule has 0 spiro atoms. The van der Waals surface area contributed by atoms with E-state index < -0.39 is 6.10 Å². The van der Waals surface area contributed by atoms with Gasteiger partial charge in [0.1, 0.15) is 0 Å². The molecule has 0 heterocycles. The van der Waals surface area contributed by atoms with Crippen molar-refractivity contribution in [2.45, 2.75) is 32.4 Å². The van der Waals surface area contributed by atoms with Crippen molar-refractivity contribution in [3.8, 4) is 0 Å². The van der Waals surface area contributed by atoms with Crippen molar-refractivity contribution in [2.75, 3.05) is 6.54 Å². The number of rotatable bonds is 6. The summed E-state index contributed by atoms with van der Waals surface area (Å²) in [6.07, 6.45) is 0.542. The van der Waals surface area contributed by atoms with Crippen molar-refractivity contribution in [3.63, 3.8) is 0 Å². The predicted molar refractivity (Wildman–Crippen MR) is 83.6 cm³/mol. The molecular formula is C18H23NO. The minimum Gasteiger partial charge on any atom is -0.387 e. The lowest BCUT2D eigenvalue weighted by atomic mass is 10.0. The predicted octanol–water partition coefficient (Wildman–Crippen LogP) is 3.77. The standard InChI is InChI=1S/C18H23NO/c1-3-17(15-11-9-14(2)10-12-15)19-13-18(20)16-7-5-4-6-8-16/h4-12,17-20H,3,13H2,1-2H3. The maximum absolute atomic E-state index is 10.2. The SMILES string of the molecule is CCC(NCC(O)c1ccccc1)c1ccc(C)cc1. The average molecular weight is 269 g/mol. The van der Waals surface area contributed by atoms with Crippen LogP contribution in [-0.4, -0.2) is 11.7 Å². The van der Waals surface area contributed by atoms with Crippen LogP contribution in [0, 0.1) is 6.92 Å². The number of aliphatic hydroxyl groups excluding tert-OH is 1. The van der Waals surface area contributed by atoms with Crippen LogP contribution in [0.4, 0.5) is 0 Å². The molecule has 0 saturated carbocycles. The van der Waals surface area contributed by atoms with E-state index in [0.29, 0.717) is 6.54 Å². The van der Waals surface area contributed by atoms with Crippen LogP contribution in [0.15, 0.2) is 54.6 Å². The summed E-state index contributed by atoms with van der Waals surface area (Å²) >= 11 is 0. The van der Waals surface area contributed by atoms with E-state index in [2.05, 4.69) is 43.4 Å². The Morgan fingerprint density at radius 3 is 2.20 bits per heavy atom. The van der Waals surface area contributed by atoms with Crippen LogP contribution >= 0.6 is 0 Å². The maximum atomic E-state index is 10.2. The van der Waals surface area contributed by atoms with E-state index in [1.54, 1.807) is 0 Å². The van der Waals surface area contributed by atoms with Gasteiger partial charge in [0.05, 0.1) is 6.10 Å². The van der Waals surface area contributed by atoms with E-state index in [9.17, 15) is 5.11 Å². The highest BCUT2D eigenvalue weighted by Gasteiger charge is 2.12. The molecule has 0 bridgehead atoms. The molecule has 2 nitrogen and oxygen atoms in total. The minimum atomic E-state index is -0.462. The van der Waals surface area contributed by atoms with Gasteiger partial charge in [-0.05, 0) is 24.5 Å². The molecule has 0 radical (unpaired) electrons. The molecule has 0 fully saturated rings. The van der Waals surface area contributed by atoms with Crippen molar-refractivity contribution < 1.29 is 5.11 Å². The first kappa shape index (κ1) is 14.8. The largest absolute Gasteiger partial charge is 0.387 e. The topological polar surface area (TPSA) is 32.3 Å². The Bertz CT molecular complexity index is 507. The molecule has 0 aliphatic carbocycles. The fourth-order valence-corrected chi connectivity index (χ4v) is 2.34. The highest BCUT2D eigenvalue weighted by Crippen LogP contribution is 2.19. The second-order valence-corrected chi connectivity index (χ2v) is 5.21. The number of hydrogen-bond donors (Lipinski definition) is 2. The van der Waals surface area contributed by atoms with Crippen LogP contribution in [0.3, 0.4) is 0 Å². The summed E-state index contributed by atoms with van der Waals surface area (Å²) in [6, 6.07) is 18.7. The lowest BCUT2D eigenvalue weighted by molar-refractivity contribution is 0.169. The van der Waals surface area contributed by atoms with E-state index in [1.807, 2.05) is 30.3 Å². The zero-order valence-corrected chi connectivity index (χ0v) is 12.2. The lowest BCUT2D eigenvalue weighted by Gasteiger charge is -2.20. The Morgan fingerprint density at radius 2 is 1.60 bits per heavy atom. The maximum Gasteiger partial charge on any atom is 0.0914 e. The zero-order valence-electron chi connectivity index (χ0n) is 12.2. The van der Waals surface area contributed by atoms with Crippen LogP contribution in [-0.2, 0) is 0 Å². The summed E-state index contributed by atoms with van der Waals surface area (Å²) in [5, 5.41) is 13.6. The van der Waals surface area contributed by atoms with Gasteiger partial charge in [0.2, 0.25) is 0 Å². The highest BCUT2D eigenvalue weighted by molar-refractivity contribution is 5.24. The molecule has 0 aliphatic rings. The molecule has 2 aromatic carbocycles. The molecule has 0 aliphatic heterocycles. The minimum absolute atomic E-state index is 0.286. The quantitative estimate of drug-likeness (QED) is 0.836. The van der Waals surface area contributed by atoms with E-state index in [-0.39, 0.29) is 6.04 Å². The molecule has 2 aromatic rings. The van der Waals surface area contributed by atoms with Gasteiger partial charge in [-0.25, -0.2) is 0 Å². The first-order valence-corrected chi connectivity index (χ1v) is 7.23. The molecule has 2 rings (SSSR count). The Labute approximate surface area is 121 Å². The smallest absolute Gasteiger partial charge is 0.0914 e. The van der Waals surface area contributed by atoms with Crippen molar-refractivity contribution in [1.82, 2.24) is 5.32 Å². The molecule has 0 saturated heterocycles. The number of hydrogen-bond acceptors (Lipinski definition) is 2. The summed E-state index contributed by atoms with van der Waals surface area (Å²) in [7, 11) is 0. The molecule has 2 heteroatoms. The van der Waals surface area contributed by atoms with Gasteiger partial charge < -0.3 is 10.4 Å². The van der Waals surface area contributed by atoms with E-state index in [0.717, 1.165) is 12.0 Å². The summed E-state index contributed by atoms with van der Waals surface area (Å²) in [5.74, 6) is 0. The van der Waals surface area contributed by atoms with Crippen molar-refractivity contribution in [2.24, 2.45) is 0 Å². The number of aryl methyl sites for hydroxylation is 1. The summed E-state index contributed by atoms with van der Waals surface area (Å²) in [5.41, 5.74) is 3.50. The molecule has 2 N–H and O–H groups in total. The van der Waals surface area contributed by atoms with E-state index in [1.165, 1.54) is 11.1 Å². The normalized spacial score (nSPS) is 13.9. The summed E-state index contributed by atoms with van der Waals surface area (Å²) in [4.78, 5) is 0. The average Bonchev–Trinajstić information content (AvgIpc) is 2.50. The van der Waals surface area contributed by atoms with Crippen molar-refractivity contribution in [1.29, 1.82) is 0 Å². The summed E-state index contributed by atoms with van der Waals surface area (Å²) < 4.78 is 0. The second-order valence-electron chi connectivity index (χ2n) is 5.21. The Morgan fingerprint density at radius 1 is 0.950 bits per heavy atom. The molecule has 2 atom stereocenters. The third-order valence-electron chi connectivity index (χ3n) is 3.63. The van der Waals surface area contributed by atoms with Crippen LogP contribution in [0.5, 0.6) is 0 Å². The Hall–Kier alpha value is -1.64. The number of aliphatic hydroxyl groups is 1. The van der Waals surface area contributed by atoms with Gasteiger partial charge in [0.25, 0.3) is 0 Å². The summed E-state index contributed by atoms with van der Waals surface area (Å²) in [6.45, 7) is 4.82. The van der Waals surface area contributed by atoms with Gasteiger partial charge in [0, 0.05) is 12.6 Å². The molecule has 20 heavy (non-hydrogen) atoms. The van der Waals surface area contributed by atoms with Gasteiger partial charge in [0.15, 0.2) is 0 Å². The van der Waals surface area contributed by atoms with Crippen molar-refractivity contribution in [3.05, 3.63) is 71.3 Å². The number of nitrogens with one attached hydrogen (secondary N) is 1. The van der Waals surface area contributed by atoms with Crippen LogP contribution < -0.4 is 5.32 Å². The van der Waals surface area contributed by atoms with Gasteiger partial charge in [-0.3, -0.25) is 0 Å². The van der Waals surface area contributed by atoms with Gasteiger partial charge in [-0.1, -0.05) is 67.1 Å². The molecule has 0 aromatic heterocycles.